The second-order valence-corrected chi connectivity index (χ2v) is 5.78. The number of carbonyl (C=O) groups excluding carboxylic acids is 1. The predicted octanol–water partition coefficient (Wildman–Crippen LogP) is 2.68. The first-order chi connectivity index (χ1) is 8.86. The highest BCUT2D eigenvalue weighted by atomic mass is 79.9. The summed E-state index contributed by atoms with van der Waals surface area (Å²) in [5.41, 5.74) is 0.473. The molecule has 0 saturated heterocycles. The Morgan fingerprint density at radius 3 is 2.74 bits per heavy atom. The molecule has 0 N–H and O–H groups in total. The van der Waals surface area contributed by atoms with Crippen LogP contribution in [0.2, 0.25) is 0 Å². The van der Waals surface area contributed by atoms with E-state index in [9.17, 15) is 4.79 Å². The average Bonchev–Trinajstić information content (AvgIpc) is 2.93. The molecule has 0 radical (unpaired) electrons. The summed E-state index contributed by atoms with van der Waals surface area (Å²) in [5, 5.41) is 11.6. The number of hydrogen-bond acceptors (Lipinski definition) is 5. The highest BCUT2D eigenvalue weighted by Gasteiger charge is 2.14. The van der Waals surface area contributed by atoms with Gasteiger partial charge >= 0.3 is 0 Å². The van der Waals surface area contributed by atoms with Gasteiger partial charge in [-0.1, -0.05) is 10.4 Å². The van der Waals surface area contributed by atoms with Crippen molar-refractivity contribution in [2.45, 2.75) is 26.3 Å². The normalized spacial score (nSPS) is 12.2. The van der Waals surface area contributed by atoms with Crippen LogP contribution in [0.25, 0.3) is 6.08 Å². The molecule has 0 amide bonds. The maximum Gasteiger partial charge on any atom is 0.223 e. The fourth-order valence-corrected chi connectivity index (χ4v) is 1.57. The lowest BCUT2D eigenvalue weighted by Crippen LogP contribution is -2.22. The smallest absolute Gasteiger partial charge is 0.223 e. The summed E-state index contributed by atoms with van der Waals surface area (Å²) >= 11 is 3.11. The zero-order chi connectivity index (χ0) is 14.0. The van der Waals surface area contributed by atoms with Gasteiger partial charge in [-0.25, -0.2) is 4.68 Å². The van der Waals surface area contributed by atoms with Crippen molar-refractivity contribution in [3.8, 4) is 0 Å². The Kier molecular flexibility index (Phi) is 3.66. The first-order valence-electron chi connectivity index (χ1n) is 5.64. The molecular formula is C12H13BrN4O2. The molecule has 0 aliphatic heterocycles. The van der Waals surface area contributed by atoms with E-state index in [-0.39, 0.29) is 17.1 Å². The van der Waals surface area contributed by atoms with Crippen LogP contribution in [0.15, 0.2) is 27.5 Å². The third kappa shape index (κ3) is 3.37. The van der Waals surface area contributed by atoms with Gasteiger partial charge in [0.2, 0.25) is 11.5 Å². The van der Waals surface area contributed by atoms with Crippen LogP contribution in [-0.4, -0.2) is 25.9 Å². The van der Waals surface area contributed by atoms with Crippen LogP contribution >= 0.6 is 15.9 Å². The van der Waals surface area contributed by atoms with Crippen LogP contribution in [0.3, 0.4) is 0 Å². The van der Waals surface area contributed by atoms with Gasteiger partial charge in [0.15, 0.2) is 0 Å². The molecular weight excluding hydrogens is 312 g/mol. The first kappa shape index (κ1) is 13.7. The number of allylic oxidation sites excluding steroid dienone is 1. The molecule has 2 aromatic rings. The zero-order valence-corrected chi connectivity index (χ0v) is 12.4. The third-order valence-electron chi connectivity index (χ3n) is 2.33. The lowest BCUT2D eigenvalue weighted by Gasteiger charge is -2.17. The Morgan fingerprint density at radius 1 is 1.47 bits per heavy atom. The van der Waals surface area contributed by atoms with Gasteiger partial charge in [-0.2, -0.15) is 0 Å². The van der Waals surface area contributed by atoms with Gasteiger partial charge in [0.25, 0.3) is 0 Å². The van der Waals surface area contributed by atoms with E-state index in [2.05, 4.69) is 31.4 Å². The summed E-state index contributed by atoms with van der Waals surface area (Å²) in [6.45, 7) is 6.06. The largest absolute Gasteiger partial charge is 0.352 e. The monoisotopic (exact) mass is 324 g/mol. The van der Waals surface area contributed by atoms with E-state index in [0.717, 1.165) is 0 Å². The molecule has 0 aliphatic rings. The Bertz CT molecular complexity index is 622. The van der Waals surface area contributed by atoms with Crippen LogP contribution in [-0.2, 0) is 5.54 Å². The molecule has 2 heterocycles. The Hall–Kier alpha value is -1.76. The summed E-state index contributed by atoms with van der Waals surface area (Å²) in [4.78, 5) is 11.7. The summed E-state index contributed by atoms with van der Waals surface area (Å²) in [6, 6.07) is 1.51. The van der Waals surface area contributed by atoms with Crippen molar-refractivity contribution in [2.24, 2.45) is 0 Å². The van der Waals surface area contributed by atoms with E-state index >= 15 is 0 Å². The maximum absolute atomic E-state index is 11.7. The summed E-state index contributed by atoms with van der Waals surface area (Å²) < 4.78 is 7.06. The number of carbonyl (C=O) groups is 1. The fraction of sp³-hybridized carbons (Fsp3) is 0.333. The average molecular weight is 325 g/mol. The van der Waals surface area contributed by atoms with Crippen molar-refractivity contribution in [3.63, 3.8) is 0 Å². The molecule has 2 rings (SSSR count). The van der Waals surface area contributed by atoms with Gasteiger partial charge in [-0.3, -0.25) is 4.79 Å². The van der Waals surface area contributed by atoms with Gasteiger partial charge in [-0.05, 0) is 48.9 Å². The minimum Gasteiger partial charge on any atom is -0.352 e. The van der Waals surface area contributed by atoms with Crippen molar-refractivity contribution < 1.29 is 9.32 Å². The second kappa shape index (κ2) is 5.08. The zero-order valence-electron chi connectivity index (χ0n) is 10.8. The molecule has 0 bridgehead atoms. The van der Waals surface area contributed by atoms with Crippen molar-refractivity contribution in [1.29, 1.82) is 0 Å². The number of ketones is 1. The Morgan fingerprint density at radius 2 is 2.21 bits per heavy atom. The molecule has 0 spiro atoms. The van der Waals surface area contributed by atoms with Crippen molar-refractivity contribution in [2.75, 3.05) is 0 Å². The summed E-state index contributed by atoms with van der Waals surface area (Å²) in [5.74, 6) is -0.102. The maximum atomic E-state index is 11.7. The van der Waals surface area contributed by atoms with E-state index in [1.807, 2.05) is 20.8 Å². The predicted molar refractivity (Wildman–Crippen MR) is 72.6 cm³/mol. The van der Waals surface area contributed by atoms with Crippen LogP contribution in [0, 0.1) is 0 Å². The summed E-state index contributed by atoms with van der Waals surface area (Å²) in [7, 11) is 0. The van der Waals surface area contributed by atoms with E-state index in [1.54, 1.807) is 17.0 Å². The number of hydrogen-bond donors (Lipinski definition) is 0. The van der Waals surface area contributed by atoms with Gasteiger partial charge in [0.1, 0.15) is 10.3 Å². The van der Waals surface area contributed by atoms with Crippen molar-refractivity contribution in [3.05, 3.63) is 34.4 Å². The number of halogens is 1. The Balaban J connectivity index is 2.11. The molecule has 19 heavy (non-hydrogen) atoms. The molecule has 6 nitrogen and oxygen atoms in total. The topological polar surface area (TPSA) is 73.8 Å². The molecule has 0 aromatic carbocycles. The molecule has 0 saturated carbocycles. The van der Waals surface area contributed by atoms with Crippen LogP contribution in [0.4, 0.5) is 0 Å². The van der Waals surface area contributed by atoms with E-state index in [4.69, 9.17) is 4.52 Å². The van der Waals surface area contributed by atoms with Crippen molar-refractivity contribution in [1.82, 2.24) is 20.2 Å². The second-order valence-electron chi connectivity index (χ2n) is 4.97. The van der Waals surface area contributed by atoms with Crippen LogP contribution < -0.4 is 0 Å². The highest BCUT2D eigenvalue weighted by Crippen LogP contribution is 2.13. The quantitative estimate of drug-likeness (QED) is 0.641. The Labute approximate surface area is 118 Å². The molecule has 100 valence electrons. The van der Waals surface area contributed by atoms with Gasteiger partial charge in [0.05, 0.1) is 11.7 Å². The van der Waals surface area contributed by atoms with Crippen LogP contribution in [0.1, 0.15) is 37.0 Å². The first-order valence-corrected chi connectivity index (χ1v) is 6.43. The SMILES string of the molecule is CC(C)(C)n1cc(C=CC(=O)c2cc(Br)no2)nn1. The molecule has 0 atom stereocenters. The number of nitrogens with zero attached hydrogens (tertiary/aromatic N) is 4. The van der Waals surface area contributed by atoms with E-state index in [1.165, 1.54) is 12.1 Å². The van der Waals surface area contributed by atoms with Gasteiger partial charge in [-0.15, -0.1) is 5.10 Å². The minimum absolute atomic E-state index is 0.140. The standard InChI is InChI=1S/C12H13BrN4O2/c1-12(2,3)17-7-8(14-16-17)4-5-9(18)10-6-11(13)15-19-10/h4-7H,1-3H3. The number of rotatable bonds is 3. The molecule has 0 fully saturated rings. The highest BCUT2D eigenvalue weighted by molar-refractivity contribution is 9.10. The van der Waals surface area contributed by atoms with Crippen molar-refractivity contribution >= 4 is 27.8 Å². The summed E-state index contributed by atoms with van der Waals surface area (Å²) in [6.07, 6.45) is 4.75. The fourth-order valence-electron chi connectivity index (χ4n) is 1.29. The third-order valence-corrected chi connectivity index (χ3v) is 2.70. The molecule has 7 heteroatoms. The number of aromatic nitrogens is 4. The lowest BCUT2D eigenvalue weighted by molar-refractivity contribution is 0.101. The molecule has 0 aliphatic carbocycles. The molecule has 2 aromatic heterocycles. The molecule has 0 unspecified atom stereocenters. The van der Waals surface area contributed by atoms with E-state index in [0.29, 0.717) is 10.3 Å². The van der Waals surface area contributed by atoms with Gasteiger partial charge < -0.3 is 4.52 Å². The minimum atomic E-state index is -0.275. The van der Waals surface area contributed by atoms with E-state index < -0.39 is 0 Å². The lowest BCUT2D eigenvalue weighted by atomic mass is 10.1. The van der Waals surface area contributed by atoms with Crippen LogP contribution in [0.5, 0.6) is 0 Å². The van der Waals surface area contributed by atoms with Gasteiger partial charge in [0, 0.05) is 6.07 Å².